The van der Waals surface area contributed by atoms with Crippen LogP contribution in [0.1, 0.15) is 31.4 Å². The van der Waals surface area contributed by atoms with E-state index in [4.69, 9.17) is 11.6 Å². The lowest BCUT2D eigenvalue weighted by Gasteiger charge is -2.30. The van der Waals surface area contributed by atoms with E-state index in [1.165, 1.54) is 4.90 Å². The van der Waals surface area contributed by atoms with Crippen molar-refractivity contribution in [3.8, 4) is 0 Å². The number of para-hydroxylation sites is 1. The van der Waals surface area contributed by atoms with Gasteiger partial charge in [-0.3, -0.25) is 24.6 Å². The molecule has 0 bridgehead atoms. The first-order valence-electron chi connectivity index (χ1n) is 10.6. The predicted molar refractivity (Wildman–Crippen MR) is 117 cm³/mol. The Morgan fingerprint density at radius 1 is 1.03 bits per heavy atom. The van der Waals surface area contributed by atoms with E-state index in [-0.39, 0.29) is 30.3 Å². The fraction of sp³-hybridized carbons (Fsp3) is 0.375. The zero-order chi connectivity index (χ0) is 21.9. The predicted octanol–water partition coefficient (Wildman–Crippen LogP) is 3.31. The Hall–Kier alpha value is -2.70. The van der Waals surface area contributed by atoms with Crippen LogP contribution in [0.25, 0.3) is 0 Å². The van der Waals surface area contributed by atoms with E-state index in [0.29, 0.717) is 28.6 Å². The number of carbonyl (C=O) groups is 3. The fourth-order valence-electron chi connectivity index (χ4n) is 5.48. The Balaban J connectivity index is 1.60. The summed E-state index contributed by atoms with van der Waals surface area (Å²) in [6.07, 6.45) is 0.692. The fourth-order valence-corrected chi connectivity index (χ4v) is 5.68. The van der Waals surface area contributed by atoms with Crippen molar-refractivity contribution in [2.24, 2.45) is 17.8 Å². The molecular formula is C24H24ClN3O3. The highest BCUT2D eigenvalue weighted by Gasteiger charge is 2.70. The normalized spacial score (nSPS) is 29.1. The van der Waals surface area contributed by atoms with Gasteiger partial charge >= 0.3 is 0 Å². The Morgan fingerprint density at radius 3 is 2.48 bits per heavy atom. The quantitative estimate of drug-likeness (QED) is 0.719. The van der Waals surface area contributed by atoms with Gasteiger partial charge in [-0.05, 0) is 30.0 Å². The molecule has 31 heavy (non-hydrogen) atoms. The second kappa shape index (κ2) is 7.18. The number of likely N-dealkylation sites (tertiary alicyclic amines) is 1. The molecule has 6 nitrogen and oxygen atoms in total. The summed E-state index contributed by atoms with van der Waals surface area (Å²) in [5, 5.41) is 6.89. The average Bonchev–Trinajstić information content (AvgIpc) is 3.30. The summed E-state index contributed by atoms with van der Waals surface area (Å²) in [6.45, 7) is 4.26. The topological polar surface area (TPSA) is 78.5 Å². The number of anilines is 1. The van der Waals surface area contributed by atoms with Crippen LogP contribution in [0, 0.1) is 17.8 Å². The number of hydrogen-bond acceptors (Lipinski definition) is 4. The minimum absolute atomic E-state index is 0.109. The molecule has 2 N–H and O–H groups in total. The highest BCUT2D eigenvalue weighted by atomic mass is 35.5. The number of amides is 3. The number of benzene rings is 2. The highest BCUT2D eigenvalue weighted by Crippen LogP contribution is 2.53. The summed E-state index contributed by atoms with van der Waals surface area (Å²) in [6, 6.07) is 14.3. The lowest BCUT2D eigenvalue weighted by molar-refractivity contribution is -0.143. The van der Waals surface area contributed by atoms with Crippen molar-refractivity contribution in [1.29, 1.82) is 0 Å². The second-order valence-corrected chi connectivity index (χ2v) is 9.45. The molecule has 4 atom stereocenters. The summed E-state index contributed by atoms with van der Waals surface area (Å²) >= 11 is 6.30. The van der Waals surface area contributed by atoms with Crippen LogP contribution in [-0.4, -0.2) is 28.7 Å². The van der Waals surface area contributed by atoms with Crippen LogP contribution in [0.3, 0.4) is 0 Å². The molecule has 3 aliphatic rings. The van der Waals surface area contributed by atoms with Crippen LogP contribution >= 0.6 is 11.6 Å². The van der Waals surface area contributed by atoms with Crippen LogP contribution < -0.4 is 10.6 Å². The van der Waals surface area contributed by atoms with Gasteiger partial charge < -0.3 is 5.32 Å². The van der Waals surface area contributed by atoms with E-state index in [0.717, 1.165) is 5.56 Å². The van der Waals surface area contributed by atoms with Crippen LogP contribution in [0.4, 0.5) is 5.69 Å². The molecule has 0 radical (unpaired) electrons. The SMILES string of the molecule is CC(C)C[C@@H]1N[C@@]2(C(=O)Nc3ccccc32)[C@@H]2C(=O)N(Cc3ccccc3Cl)C(=O)[C@H]12. The summed E-state index contributed by atoms with van der Waals surface area (Å²) in [5.41, 5.74) is 0.906. The molecule has 160 valence electrons. The summed E-state index contributed by atoms with van der Waals surface area (Å²) < 4.78 is 0. The van der Waals surface area contributed by atoms with Gasteiger partial charge in [0, 0.05) is 22.3 Å². The minimum Gasteiger partial charge on any atom is -0.324 e. The summed E-state index contributed by atoms with van der Waals surface area (Å²) in [5.74, 6) is -1.89. The van der Waals surface area contributed by atoms with Crippen molar-refractivity contribution >= 4 is 35.0 Å². The van der Waals surface area contributed by atoms with Crippen molar-refractivity contribution in [1.82, 2.24) is 10.2 Å². The lowest BCUT2D eigenvalue weighted by Crippen LogP contribution is -2.53. The lowest BCUT2D eigenvalue weighted by atomic mass is 9.76. The highest BCUT2D eigenvalue weighted by molar-refractivity contribution is 6.31. The summed E-state index contributed by atoms with van der Waals surface area (Å²) in [7, 11) is 0. The van der Waals surface area contributed by atoms with Crippen molar-refractivity contribution in [2.75, 3.05) is 5.32 Å². The van der Waals surface area contributed by atoms with E-state index in [1.807, 2.05) is 42.5 Å². The van der Waals surface area contributed by atoms with Crippen LogP contribution in [0.5, 0.6) is 0 Å². The largest absolute Gasteiger partial charge is 0.324 e. The van der Waals surface area contributed by atoms with Gasteiger partial charge in [0.2, 0.25) is 17.7 Å². The second-order valence-electron chi connectivity index (χ2n) is 9.05. The molecule has 0 saturated carbocycles. The maximum absolute atomic E-state index is 13.7. The maximum Gasteiger partial charge on any atom is 0.250 e. The van der Waals surface area contributed by atoms with Gasteiger partial charge in [0.25, 0.3) is 0 Å². The van der Waals surface area contributed by atoms with Gasteiger partial charge in [0.15, 0.2) is 0 Å². The van der Waals surface area contributed by atoms with Crippen LogP contribution in [0.15, 0.2) is 48.5 Å². The van der Waals surface area contributed by atoms with Crippen molar-refractivity contribution in [3.05, 3.63) is 64.7 Å². The van der Waals surface area contributed by atoms with Gasteiger partial charge in [0.05, 0.1) is 18.4 Å². The smallest absolute Gasteiger partial charge is 0.250 e. The first kappa shape index (κ1) is 20.2. The maximum atomic E-state index is 13.7. The van der Waals surface area contributed by atoms with Gasteiger partial charge in [-0.2, -0.15) is 0 Å². The number of imide groups is 1. The molecule has 2 saturated heterocycles. The van der Waals surface area contributed by atoms with Gasteiger partial charge in [-0.25, -0.2) is 0 Å². The van der Waals surface area contributed by atoms with E-state index in [9.17, 15) is 14.4 Å². The third-order valence-corrected chi connectivity index (χ3v) is 7.09. The van der Waals surface area contributed by atoms with Gasteiger partial charge in [-0.15, -0.1) is 0 Å². The van der Waals surface area contributed by atoms with E-state index in [2.05, 4.69) is 24.5 Å². The molecular weight excluding hydrogens is 414 g/mol. The standard InChI is InChI=1S/C24H24ClN3O3/c1-13(2)11-18-19-20(24(27-18)15-8-4-6-10-17(15)26-23(24)31)22(30)28(21(19)29)12-14-7-3-5-9-16(14)25/h3-10,13,18-20,27H,11-12H2,1-2H3,(H,26,31)/t18-,19+,20-,24+/m0/s1. The van der Waals surface area contributed by atoms with Crippen LogP contribution in [-0.2, 0) is 26.5 Å². The molecule has 2 fully saturated rings. The molecule has 7 heteroatoms. The van der Waals surface area contributed by atoms with Gasteiger partial charge in [0.1, 0.15) is 5.54 Å². The molecule has 3 aliphatic heterocycles. The Morgan fingerprint density at radius 2 is 1.74 bits per heavy atom. The molecule has 5 rings (SSSR count). The Kier molecular flexibility index (Phi) is 4.68. The number of nitrogens with zero attached hydrogens (tertiary/aromatic N) is 1. The van der Waals surface area contributed by atoms with Crippen molar-refractivity contribution in [2.45, 2.75) is 38.4 Å². The molecule has 0 aromatic heterocycles. The van der Waals surface area contributed by atoms with Crippen molar-refractivity contribution < 1.29 is 14.4 Å². The molecule has 2 aromatic carbocycles. The first-order chi connectivity index (χ1) is 14.8. The molecule has 0 aliphatic carbocycles. The molecule has 3 amide bonds. The monoisotopic (exact) mass is 437 g/mol. The van der Waals surface area contributed by atoms with E-state index < -0.39 is 17.4 Å². The van der Waals surface area contributed by atoms with E-state index >= 15 is 0 Å². The van der Waals surface area contributed by atoms with Crippen LogP contribution in [0.2, 0.25) is 5.02 Å². The number of hydrogen-bond donors (Lipinski definition) is 2. The molecule has 1 spiro atoms. The molecule has 2 aromatic rings. The molecule has 0 unspecified atom stereocenters. The number of rotatable bonds is 4. The number of nitrogens with one attached hydrogen (secondary N) is 2. The van der Waals surface area contributed by atoms with E-state index in [1.54, 1.807) is 6.07 Å². The minimum atomic E-state index is -1.23. The third-order valence-electron chi connectivity index (χ3n) is 6.73. The zero-order valence-corrected chi connectivity index (χ0v) is 18.1. The average molecular weight is 438 g/mol. The molecule has 3 heterocycles. The number of carbonyl (C=O) groups excluding carboxylic acids is 3. The zero-order valence-electron chi connectivity index (χ0n) is 17.4. The Labute approximate surface area is 185 Å². The first-order valence-corrected chi connectivity index (χ1v) is 11.0. The number of fused-ring (bicyclic) bond motifs is 4. The van der Waals surface area contributed by atoms with Crippen molar-refractivity contribution in [3.63, 3.8) is 0 Å². The Bertz CT molecular complexity index is 1100. The third kappa shape index (κ3) is 2.85. The number of halogens is 1. The summed E-state index contributed by atoms with van der Waals surface area (Å²) in [4.78, 5) is 41.9. The van der Waals surface area contributed by atoms with Gasteiger partial charge in [-0.1, -0.05) is 61.8 Å².